The van der Waals surface area contributed by atoms with Gasteiger partial charge in [-0.3, -0.25) is 9.59 Å². The van der Waals surface area contributed by atoms with E-state index in [0.717, 1.165) is 0 Å². The fourth-order valence-corrected chi connectivity index (χ4v) is 2.38. The average molecular weight is 321 g/mol. The second kappa shape index (κ2) is 6.12. The number of amides is 1. The number of benzene rings is 1. The normalized spacial score (nSPS) is 11.2. The van der Waals surface area contributed by atoms with E-state index in [4.69, 9.17) is 5.14 Å². The lowest BCUT2D eigenvalue weighted by atomic mass is 10.3. The van der Waals surface area contributed by atoms with Crippen molar-refractivity contribution >= 4 is 21.6 Å². The zero-order valence-corrected chi connectivity index (χ0v) is 12.6. The summed E-state index contributed by atoms with van der Waals surface area (Å²) in [5, 5.41) is 7.57. The lowest BCUT2D eigenvalue weighted by molar-refractivity contribution is -0.116. The molecule has 3 N–H and O–H groups in total. The molecular formula is C14H15N3O4S. The number of carbonyl (C=O) groups excluding carboxylic acids is 1. The molecule has 0 radical (unpaired) electrons. The first-order valence-electron chi connectivity index (χ1n) is 6.36. The van der Waals surface area contributed by atoms with Gasteiger partial charge in [0.05, 0.1) is 4.90 Å². The minimum atomic E-state index is -3.77. The number of hydrogen-bond acceptors (Lipinski definition) is 4. The van der Waals surface area contributed by atoms with Crippen LogP contribution in [0.2, 0.25) is 0 Å². The van der Waals surface area contributed by atoms with E-state index in [1.54, 1.807) is 19.1 Å². The van der Waals surface area contributed by atoms with Gasteiger partial charge < -0.3 is 9.88 Å². The van der Waals surface area contributed by atoms with Crippen LogP contribution in [-0.4, -0.2) is 18.9 Å². The Morgan fingerprint density at radius 1 is 1.23 bits per heavy atom. The molecule has 0 spiro atoms. The number of primary sulfonamides is 1. The van der Waals surface area contributed by atoms with Gasteiger partial charge in [-0.25, -0.2) is 13.6 Å². The lowest BCUT2D eigenvalue weighted by Crippen LogP contribution is -2.28. The van der Waals surface area contributed by atoms with Crippen LogP contribution in [0.15, 0.2) is 52.3 Å². The molecule has 0 aliphatic carbocycles. The molecule has 8 heteroatoms. The maximum absolute atomic E-state index is 11.9. The van der Waals surface area contributed by atoms with Crippen molar-refractivity contribution in [2.24, 2.45) is 5.14 Å². The highest BCUT2D eigenvalue weighted by Gasteiger charge is 2.09. The highest BCUT2D eigenvalue weighted by molar-refractivity contribution is 7.89. The number of rotatable bonds is 4. The molecule has 0 atom stereocenters. The summed E-state index contributed by atoms with van der Waals surface area (Å²) in [5.41, 5.74) is 0.730. The smallest absolute Gasteiger partial charge is 0.253 e. The van der Waals surface area contributed by atoms with Crippen molar-refractivity contribution in [1.82, 2.24) is 4.57 Å². The molecule has 0 aliphatic rings. The summed E-state index contributed by atoms with van der Waals surface area (Å²) in [4.78, 5) is 23.7. The number of sulfonamides is 1. The number of hydrogen-bond donors (Lipinski definition) is 2. The van der Waals surface area contributed by atoms with Crippen molar-refractivity contribution in [1.29, 1.82) is 0 Å². The molecule has 1 aromatic heterocycles. The molecule has 2 rings (SSSR count). The molecule has 0 bridgehead atoms. The standard InChI is InChI=1S/C14H15N3O4S/c1-10-3-2-8-17(14(10)19)9-13(18)16-11-4-6-12(7-5-11)22(15,20)21/h2-8H,9H2,1H3,(H,16,18)(H2,15,20,21). The van der Waals surface area contributed by atoms with E-state index in [2.05, 4.69) is 5.32 Å². The van der Waals surface area contributed by atoms with E-state index in [0.29, 0.717) is 11.3 Å². The maximum atomic E-state index is 11.9. The Bertz CT molecular complexity index is 854. The quantitative estimate of drug-likeness (QED) is 0.851. The molecule has 0 aliphatic heterocycles. The first-order valence-corrected chi connectivity index (χ1v) is 7.91. The van der Waals surface area contributed by atoms with Crippen molar-refractivity contribution in [2.75, 3.05) is 5.32 Å². The van der Waals surface area contributed by atoms with Crippen molar-refractivity contribution in [3.8, 4) is 0 Å². The summed E-state index contributed by atoms with van der Waals surface area (Å²) in [6.07, 6.45) is 1.53. The van der Waals surface area contributed by atoms with Gasteiger partial charge in [-0.1, -0.05) is 6.07 Å². The van der Waals surface area contributed by atoms with Gasteiger partial charge in [0.1, 0.15) is 6.54 Å². The Morgan fingerprint density at radius 3 is 2.45 bits per heavy atom. The predicted octanol–water partition coefficient (Wildman–Crippen LogP) is 0.443. The van der Waals surface area contributed by atoms with E-state index in [1.807, 2.05) is 0 Å². The van der Waals surface area contributed by atoms with Crippen LogP contribution in [0.25, 0.3) is 0 Å². The Balaban J connectivity index is 2.09. The third-order valence-electron chi connectivity index (χ3n) is 2.99. The fourth-order valence-electron chi connectivity index (χ4n) is 1.86. The van der Waals surface area contributed by atoms with Crippen molar-refractivity contribution in [2.45, 2.75) is 18.4 Å². The number of aryl methyl sites for hydroxylation is 1. The van der Waals surface area contributed by atoms with Crippen LogP contribution < -0.4 is 16.0 Å². The molecule has 1 aromatic carbocycles. The van der Waals surface area contributed by atoms with Crippen LogP contribution in [0, 0.1) is 6.92 Å². The van der Waals surface area contributed by atoms with Crippen molar-refractivity contribution in [3.63, 3.8) is 0 Å². The zero-order valence-electron chi connectivity index (χ0n) is 11.8. The first kappa shape index (κ1) is 15.9. The Kier molecular flexibility index (Phi) is 4.43. The monoisotopic (exact) mass is 321 g/mol. The van der Waals surface area contributed by atoms with Crippen LogP contribution in [0.5, 0.6) is 0 Å². The largest absolute Gasteiger partial charge is 0.325 e. The predicted molar refractivity (Wildman–Crippen MR) is 81.9 cm³/mol. The molecule has 116 valence electrons. The third-order valence-corrected chi connectivity index (χ3v) is 3.92. The molecule has 1 amide bonds. The highest BCUT2D eigenvalue weighted by atomic mass is 32.2. The van der Waals surface area contributed by atoms with Gasteiger partial charge in [-0.15, -0.1) is 0 Å². The molecule has 0 fully saturated rings. The molecule has 0 saturated heterocycles. The summed E-state index contributed by atoms with van der Waals surface area (Å²) >= 11 is 0. The number of aromatic nitrogens is 1. The Hall–Kier alpha value is -2.45. The second-order valence-corrected chi connectivity index (χ2v) is 6.30. The minimum Gasteiger partial charge on any atom is -0.325 e. The Labute approximate surface area is 127 Å². The topological polar surface area (TPSA) is 111 Å². The summed E-state index contributed by atoms with van der Waals surface area (Å²) < 4.78 is 23.6. The number of nitrogens with two attached hydrogens (primary N) is 1. The number of nitrogens with one attached hydrogen (secondary N) is 1. The second-order valence-electron chi connectivity index (χ2n) is 4.74. The summed E-state index contributed by atoms with van der Waals surface area (Å²) in [5.74, 6) is -0.393. The molecule has 0 saturated carbocycles. The van der Waals surface area contributed by atoms with E-state index in [1.165, 1.54) is 35.0 Å². The molecule has 1 heterocycles. The number of carbonyl (C=O) groups is 1. The van der Waals surface area contributed by atoms with E-state index in [9.17, 15) is 18.0 Å². The zero-order chi connectivity index (χ0) is 16.3. The molecule has 2 aromatic rings. The maximum Gasteiger partial charge on any atom is 0.253 e. The third kappa shape index (κ3) is 3.80. The van der Waals surface area contributed by atoms with Gasteiger partial charge in [-0.2, -0.15) is 0 Å². The van der Waals surface area contributed by atoms with Crippen LogP contribution in [0.4, 0.5) is 5.69 Å². The van der Waals surface area contributed by atoms with Gasteiger partial charge >= 0.3 is 0 Å². The lowest BCUT2D eigenvalue weighted by Gasteiger charge is -2.08. The van der Waals surface area contributed by atoms with Crippen LogP contribution in [-0.2, 0) is 21.4 Å². The van der Waals surface area contributed by atoms with Crippen LogP contribution in [0.1, 0.15) is 5.56 Å². The van der Waals surface area contributed by atoms with Gasteiger partial charge in [0.25, 0.3) is 5.56 Å². The SMILES string of the molecule is Cc1cccn(CC(=O)Nc2ccc(S(N)(=O)=O)cc2)c1=O. The summed E-state index contributed by atoms with van der Waals surface area (Å²) in [6.45, 7) is 1.54. The molecule has 22 heavy (non-hydrogen) atoms. The van der Waals surface area contributed by atoms with Crippen LogP contribution in [0.3, 0.4) is 0 Å². The first-order chi connectivity index (χ1) is 10.3. The fraction of sp³-hybridized carbons (Fsp3) is 0.143. The molecular weight excluding hydrogens is 306 g/mol. The van der Waals surface area contributed by atoms with Crippen LogP contribution >= 0.6 is 0 Å². The van der Waals surface area contributed by atoms with Gasteiger partial charge in [-0.05, 0) is 37.3 Å². The van der Waals surface area contributed by atoms with E-state index >= 15 is 0 Å². The Morgan fingerprint density at radius 2 is 1.86 bits per heavy atom. The van der Waals surface area contributed by atoms with Gasteiger partial charge in [0.2, 0.25) is 15.9 Å². The van der Waals surface area contributed by atoms with Crippen molar-refractivity contribution < 1.29 is 13.2 Å². The van der Waals surface area contributed by atoms with Gasteiger partial charge in [0, 0.05) is 17.4 Å². The van der Waals surface area contributed by atoms with E-state index < -0.39 is 15.9 Å². The highest BCUT2D eigenvalue weighted by Crippen LogP contribution is 2.12. The molecule has 7 nitrogen and oxygen atoms in total. The van der Waals surface area contributed by atoms with Crippen molar-refractivity contribution in [3.05, 3.63) is 58.5 Å². The number of nitrogens with zero attached hydrogens (tertiary/aromatic N) is 1. The average Bonchev–Trinajstić information content (AvgIpc) is 2.43. The summed E-state index contributed by atoms with van der Waals surface area (Å²) in [7, 11) is -3.77. The minimum absolute atomic E-state index is 0.0413. The van der Waals surface area contributed by atoms with Gasteiger partial charge in [0.15, 0.2) is 0 Å². The molecule has 0 unspecified atom stereocenters. The summed E-state index contributed by atoms with van der Waals surface area (Å²) in [6, 6.07) is 8.80. The number of pyridine rings is 1. The number of anilines is 1. The van der Waals surface area contributed by atoms with E-state index in [-0.39, 0.29) is 17.0 Å².